The molecule has 3 aromatic rings. The van der Waals surface area contributed by atoms with Gasteiger partial charge in [-0.25, -0.2) is 4.79 Å². The van der Waals surface area contributed by atoms with Gasteiger partial charge in [0.15, 0.2) is 0 Å². The zero-order chi connectivity index (χ0) is 17.8. The molecule has 0 fully saturated rings. The summed E-state index contributed by atoms with van der Waals surface area (Å²) in [5.41, 5.74) is 5.52. The van der Waals surface area contributed by atoms with Gasteiger partial charge in [-0.2, -0.15) is 0 Å². The number of nitrogens with zero attached hydrogens (tertiary/aromatic N) is 1. The molecule has 3 aromatic carbocycles. The minimum atomic E-state index is -0.304. The second kappa shape index (κ2) is 5.35. The number of esters is 1. The zero-order valence-corrected chi connectivity index (χ0v) is 15.0. The lowest BCUT2D eigenvalue weighted by Crippen LogP contribution is -2.31. The van der Waals surface area contributed by atoms with Gasteiger partial charge in [0.05, 0.1) is 12.7 Å². The molecule has 3 nitrogen and oxygen atoms in total. The summed E-state index contributed by atoms with van der Waals surface area (Å²) >= 11 is 0. The summed E-state index contributed by atoms with van der Waals surface area (Å²) in [6.07, 6.45) is 0. The normalized spacial score (nSPS) is 14.8. The van der Waals surface area contributed by atoms with E-state index in [1.54, 1.807) is 0 Å². The number of hydrogen-bond acceptors (Lipinski definition) is 3. The van der Waals surface area contributed by atoms with Crippen molar-refractivity contribution in [2.45, 2.75) is 19.3 Å². The molecule has 0 N–H and O–H groups in total. The minimum Gasteiger partial charge on any atom is -0.465 e. The Morgan fingerprint density at radius 2 is 1.76 bits per heavy atom. The van der Waals surface area contributed by atoms with Crippen molar-refractivity contribution in [2.75, 3.05) is 19.1 Å². The van der Waals surface area contributed by atoms with Crippen LogP contribution in [0.2, 0.25) is 0 Å². The van der Waals surface area contributed by atoms with Crippen molar-refractivity contribution < 1.29 is 9.53 Å². The van der Waals surface area contributed by atoms with Gasteiger partial charge in [-0.1, -0.05) is 44.2 Å². The molecular formula is C22H21NO2. The van der Waals surface area contributed by atoms with Crippen LogP contribution in [0, 0.1) is 0 Å². The van der Waals surface area contributed by atoms with Crippen LogP contribution in [0.25, 0.3) is 10.8 Å². The van der Waals surface area contributed by atoms with Gasteiger partial charge in [0.2, 0.25) is 0 Å². The van der Waals surface area contributed by atoms with Gasteiger partial charge in [0.1, 0.15) is 0 Å². The molecule has 0 bridgehead atoms. The number of fused-ring (bicyclic) bond motifs is 4. The third-order valence-electron chi connectivity index (χ3n) is 5.34. The van der Waals surface area contributed by atoms with Crippen molar-refractivity contribution in [3.63, 3.8) is 0 Å². The second-order valence-electron chi connectivity index (χ2n) is 7.09. The van der Waals surface area contributed by atoms with Crippen LogP contribution in [-0.2, 0) is 10.2 Å². The predicted molar refractivity (Wildman–Crippen MR) is 102 cm³/mol. The van der Waals surface area contributed by atoms with Gasteiger partial charge >= 0.3 is 5.97 Å². The summed E-state index contributed by atoms with van der Waals surface area (Å²) in [5.74, 6) is -0.304. The third-order valence-corrected chi connectivity index (χ3v) is 5.34. The quantitative estimate of drug-likeness (QED) is 0.586. The smallest absolute Gasteiger partial charge is 0.337 e. The zero-order valence-electron chi connectivity index (χ0n) is 15.0. The number of rotatable bonds is 1. The number of methoxy groups -OCH3 is 1. The van der Waals surface area contributed by atoms with Crippen molar-refractivity contribution in [1.29, 1.82) is 0 Å². The number of ether oxygens (including phenoxy) is 1. The molecule has 1 aliphatic rings. The molecule has 0 unspecified atom stereocenters. The first-order valence-corrected chi connectivity index (χ1v) is 8.44. The van der Waals surface area contributed by atoms with Crippen LogP contribution in [0.4, 0.5) is 11.4 Å². The Hall–Kier alpha value is -2.81. The molecule has 3 heteroatoms. The lowest BCUT2D eigenvalue weighted by atomic mass is 9.72. The van der Waals surface area contributed by atoms with E-state index in [1.165, 1.54) is 35.0 Å². The van der Waals surface area contributed by atoms with Crippen molar-refractivity contribution in [1.82, 2.24) is 0 Å². The van der Waals surface area contributed by atoms with E-state index in [4.69, 9.17) is 4.74 Å². The number of para-hydroxylation sites is 1. The first-order valence-electron chi connectivity index (χ1n) is 8.44. The van der Waals surface area contributed by atoms with Crippen molar-refractivity contribution in [2.24, 2.45) is 0 Å². The molecule has 1 heterocycles. The summed E-state index contributed by atoms with van der Waals surface area (Å²) in [4.78, 5) is 14.1. The van der Waals surface area contributed by atoms with E-state index in [9.17, 15) is 4.79 Å². The maximum Gasteiger partial charge on any atom is 0.337 e. The summed E-state index contributed by atoms with van der Waals surface area (Å²) in [6, 6.07) is 18.6. The van der Waals surface area contributed by atoms with E-state index in [1.807, 2.05) is 18.2 Å². The van der Waals surface area contributed by atoms with E-state index >= 15 is 0 Å². The maximum absolute atomic E-state index is 11.9. The van der Waals surface area contributed by atoms with Gasteiger partial charge < -0.3 is 9.64 Å². The number of anilines is 2. The van der Waals surface area contributed by atoms with Gasteiger partial charge in [-0.3, -0.25) is 0 Å². The summed E-state index contributed by atoms with van der Waals surface area (Å²) in [6.45, 7) is 4.54. The summed E-state index contributed by atoms with van der Waals surface area (Å²) in [7, 11) is 3.52. The number of hydrogen-bond donors (Lipinski definition) is 0. The Bertz CT molecular complexity index is 1000. The molecular weight excluding hydrogens is 310 g/mol. The second-order valence-corrected chi connectivity index (χ2v) is 7.09. The largest absolute Gasteiger partial charge is 0.465 e. The van der Waals surface area contributed by atoms with E-state index in [2.05, 4.69) is 62.2 Å². The molecule has 0 saturated heterocycles. The molecule has 25 heavy (non-hydrogen) atoms. The Kier molecular flexibility index (Phi) is 3.36. The van der Waals surface area contributed by atoms with Crippen molar-refractivity contribution in [3.8, 4) is 0 Å². The van der Waals surface area contributed by atoms with Gasteiger partial charge in [-0.15, -0.1) is 0 Å². The lowest BCUT2D eigenvalue weighted by Gasteiger charge is -2.41. The van der Waals surface area contributed by atoms with Gasteiger partial charge in [0, 0.05) is 23.8 Å². The third kappa shape index (κ3) is 2.15. The predicted octanol–water partition coefficient (Wildman–Crippen LogP) is 5.03. The topological polar surface area (TPSA) is 29.5 Å². The first-order chi connectivity index (χ1) is 11.9. The van der Waals surface area contributed by atoms with Gasteiger partial charge in [0.25, 0.3) is 0 Å². The highest BCUT2D eigenvalue weighted by Crippen LogP contribution is 2.50. The van der Waals surface area contributed by atoms with Gasteiger partial charge in [-0.05, 0) is 46.2 Å². The van der Waals surface area contributed by atoms with E-state index in [0.717, 1.165) is 5.39 Å². The molecule has 0 amide bonds. The highest BCUT2D eigenvalue weighted by molar-refractivity contribution is 6.00. The molecule has 0 atom stereocenters. The van der Waals surface area contributed by atoms with E-state index < -0.39 is 0 Å². The average molecular weight is 331 g/mol. The molecule has 0 aliphatic carbocycles. The molecule has 1 aliphatic heterocycles. The Morgan fingerprint density at radius 3 is 2.52 bits per heavy atom. The molecule has 0 aromatic heterocycles. The fourth-order valence-corrected chi connectivity index (χ4v) is 4.06. The van der Waals surface area contributed by atoms with E-state index in [0.29, 0.717) is 5.56 Å². The Morgan fingerprint density at radius 1 is 1.00 bits per heavy atom. The maximum atomic E-state index is 11.9. The first kappa shape index (κ1) is 15.7. The summed E-state index contributed by atoms with van der Waals surface area (Å²) in [5, 5.41) is 2.24. The monoisotopic (exact) mass is 331 g/mol. The van der Waals surface area contributed by atoms with Crippen molar-refractivity contribution in [3.05, 3.63) is 71.3 Å². The van der Waals surface area contributed by atoms with Crippen LogP contribution in [0.5, 0.6) is 0 Å². The molecule has 4 rings (SSSR count). The standard InChI is InChI=1S/C22H21NO2/c1-22(2)17-7-5-6-8-18(17)23(3)19-12-10-14-13-15(21(24)25-4)9-11-16(14)20(19)22/h5-13H,1-4H3. The lowest BCUT2D eigenvalue weighted by molar-refractivity contribution is 0.0601. The van der Waals surface area contributed by atoms with E-state index in [-0.39, 0.29) is 11.4 Å². The SMILES string of the molecule is COC(=O)c1ccc2c3c(ccc2c1)N(C)c1ccccc1C3(C)C. The number of carbonyl (C=O) groups is 1. The van der Waals surface area contributed by atoms with Crippen LogP contribution in [-0.4, -0.2) is 20.1 Å². The van der Waals surface area contributed by atoms with Crippen LogP contribution in [0.1, 0.15) is 35.3 Å². The number of carbonyl (C=O) groups excluding carboxylic acids is 1. The summed E-state index contributed by atoms with van der Waals surface area (Å²) < 4.78 is 4.86. The highest BCUT2D eigenvalue weighted by atomic mass is 16.5. The van der Waals surface area contributed by atoms with Crippen LogP contribution >= 0.6 is 0 Å². The molecule has 126 valence electrons. The minimum absolute atomic E-state index is 0.120. The Balaban J connectivity index is 2.02. The average Bonchev–Trinajstić information content (AvgIpc) is 2.64. The number of benzene rings is 3. The fraction of sp³-hybridized carbons (Fsp3) is 0.227. The molecule has 0 spiro atoms. The molecule has 0 radical (unpaired) electrons. The molecule has 0 saturated carbocycles. The van der Waals surface area contributed by atoms with Crippen LogP contribution < -0.4 is 4.90 Å². The highest BCUT2D eigenvalue weighted by Gasteiger charge is 2.36. The Labute approximate surface area is 147 Å². The fourth-order valence-electron chi connectivity index (χ4n) is 4.06. The van der Waals surface area contributed by atoms with Crippen LogP contribution in [0.15, 0.2) is 54.6 Å². The van der Waals surface area contributed by atoms with Crippen molar-refractivity contribution >= 4 is 28.1 Å². The van der Waals surface area contributed by atoms with Crippen LogP contribution in [0.3, 0.4) is 0 Å².